The number of carbonyl (C=O) groups is 2. The second-order valence-electron chi connectivity index (χ2n) is 6.69. The second kappa shape index (κ2) is 18.6. The molecule has 0 aromatic carbocycles. The van der Waals surface area contributed by atoms with E-state index >= 15 is 0 Å². The smallest absolute Gasteiger partial charge is 0.335 e. The molecule has 0 aliphatic rings. The van der Waals surface area contributed by atoms with Crippen molar-refractivity contribution in [1.29, 1.82) is 0 Å². The quantitative estimate of drug-likeness (QED) is 0.196. The molecular formula is C19H37NO3S2. The zero-order valence-electron chi connectivity index (χ0n) is 15.8. The fourth-order valence-electron chi connectivity index (χ4n) is 2.68. The van der Waals surface area contributed by atoms with Crippen LogP contribution in [0.5, 0.6) is 0 Å². The zero-order valence-corrected chi connectivity index (χ0v) is 17.6. The summed E-state index contributed by atoms with van der Waals surface area (Å²) in [5, 5.41) is 0.102. The molecule has 0 radical (unpaired) electrons. The van der Waals surface area contributed by atoms with E-state index in [1.54, 1.807) is 0 Å². The van der Waals surface area contributed by atoms with Gasteiger partial charge in [-0.2, -0.15) is 0 Å². The lowest BCUT2D eigenvalue weighted by Gasteiger charge is -2.07. The third-order valence-corrected chi connectivity index (χ3v) is 5.53. The summed E-state index contributed by atoms with van der Waals surface area (Å²) in [5.41, 5.74) is 5.55. The second-order valence-corrected chi connectivity index (χ2v) is 7.95. The minimum atomic E-state index is -0.780. The first-order chi connectivity index (χ1) is 12.1. The molecule has 6 heteroatoms. The maximum Gasteiger partial charge on any atom is 0.335 e. The van der Waals surface area contributed by atoms with Gasteiger partial charge in [-0.1, -0.05) is 95.7 Å². The van der Waals surface area contributed by atoms with E-state index in [0.717, 1.165) is 24.6 Å². The van der Waals surface area contributed by atoms with E-state index in [1.165, 1.54) is 70.6 Å². The molecular weight excluding hydrogens is 354 g/mol. The van der Waals surface area contributed by atoms with Crippen molar-refractivity contribution in [1.82, 2.24) is 0 Å². The highest BCUT2D eigenvalue weighted by atomic mass is 32.2. The lowest BCUT2D eigenvalue weighted by atomic mass is 10.0. The molecule has 0 spiro atoms. The van der Waals surface area contributed by atoms with Crippen LogP contribution in [0.1, 0.15) is 96.8 Å². The van der Waals surface area contributed by atoms with Crippen molar-refractivity contribution >= 4 is 35.8 Å². The molecule has 0 aromatic heterocycles. The SMILES string of the molecule is CCCCCCCCCCCCCCCC(=O)SC[C@H](N)C(=O)OS. The maximum atomic E-state index is 11.7. The van der Waals surface area contributed by atoms with Crippen LogP contribution < -0.4 is 5.73 Å². The van der Waals surface area contributed by atoms with E-state index in [0.29, 0.717) is 6.42 Å². The number of thiol groups is 1. The molecule has 0 amide bonds. The number of nitrogens with two attached hydrogens (primary N) is 1. The Bertz CT molecular complexity index is 341. The third-order valence-electron chi connectivity index (χ3n) is 4.30. The molecule has 0 bridgehead atoms. The first-order valence-corrected chi connectivity index (χ1v) is 11.2. The highest BCUT2D eigenvalue weighted by Crippen LogP contribution is 2.15. The van der Waals surface area contributed by atoms with Crippen LogP contribution in [0, 0.1) is 0 Å². The van der Waals surface area contributed by atoms with Crippen LogP contribution in [0.25, 0.3) is 0 Å². The van der Waals surface area contributed by atoms with Crippen LogP contribution in [-0.4, -0.2) is 22.9 Å². The molecule has 0 rings (SSSR count). The Kier molecular flexibility index (Phi) is 18.4. The Morgan fingerprint density at radius 2 is 1.32 bits per heavy atom. The number of rotatable bonds is 17. The predicted octanol–water partition coefficient (Wildman–Crippen LogP) is 5.44. The summed E-state index contributed by atoms with van der Waals surface area (Å²) < 4.78 is 4.23. The molecule has 2 N–H and O–H groups in total. The fraction of sp³-hybridized carbons (Fsp3) is 0.895. The van der Waals surface area contributed by atoms with Crippen LogP contribution in [0.2, 0.25) is 0 Å². The Hall–Kier alpha value is -0.200. The van der Waals surface area contributed by atoms with Crippen molar-refractivity contribution in [2.45, 2.75) is 103 Å². The first-order valence-electron chi connectivity index (χ1n) is 9.88. The average molecular weight is 392 g/mol. The predicted molar refractivity (Wildman–Crippen MR) is 111 cm³/mol. The van der Waals surface area contributed by atoms with E-state index in [-0.39, 0.29) is 10.9 Å². The number of hydrogen-bond donors (Lipinski definition) is 2. The van der Waals surface area contributed by atoms with E-state index in [1.807, 2.05) is 0 Å². The Morgan fingerprint density at radius 1 is 0.880 bits per heavy atom. The Morgan fingerprint density at radius 3 is 1.76 bits per heavy atom. The van der Waals surface area contributed by atoms with Gasteiger partial charge in [-0.25, -0.2) is 4.79 Å². The largest absolute Gasteiger partial charge is 0.393 e. The molecule has 0 aromatic rings. The summed E-state index contributed by atoms with van der Waals surface area (Å²) in [6.07, 6.45) is 17.4. The minimum absolute atomic E-state index is 0.102. The topological polar surface area (TPSA) is 69.4 Å². The fourth-order valence-corrected chi connectivity index (χ4v) is 3.60. The van der Waals surface area contributed by atoms with Gasteiger partial charge in [0.05, 0.1) is 0 Å². The number of hydrogen-bond acceptors (Lipinski definition) is 6. The Balaban J connectivity index is 3.27. The van der Waals surface area contributed by atoms with E-state index in [4.69, 9.17) is 5.73 Å². The number of thioether (sulfide) groups is 1. The molecule has 0 unspecified atom stereocenters. The van der Waals surface area contributed by atoms with Crippen molar-refractivity contribution in [2.75, 3.05) is 5.75 Å². The zero-order chi connectivity index (χ0) is 18.8. The first kappa shape index (κ1) is 24.8. The van der Waals surface area contributed by atoms with Crippen molar-refractivity contribution in [3.8, 4) is 0 Å². The highest BCUT2D eigenvalue weighted by Gasteiger charge is 2.16. The lowest BCUT2D eigenvalue weighted by Crippen LogP contribution is -2.33. The van der Waals surface area contributed by atoms with Gasteiger partial charge in [-0.15, -0.1) is 0 Å². The van der Waals surface area contributed by atoms with Gasteiger partial charge in [0, 0.05) is 25.1 Å². The molecule has 148 valence electrons. The van der Waals surface area contributed by atoms with Crippen LogP contribution in [-0.2, 0) is 13.8 Å². The van der Waals surface area contributed by atoms with Gasteiger partial charge in [0.15, 0.2) is 5.12 Å². The molecule has 0 aliphatic carbocycles. The molecule has 0 aliphatic heterocycles. The Labute approximate surface area is 164 Å². The van der Waals surface area contributed by atoms with Crippen molar-refractivity contribution in [3.63, 3.8) is 0 Å². The molecule has 25 heavy (non-hydrogen) atoms. The van der Waals surface area contributed by atoms with Crippen LogP contribution in [0.15, 0.2) is 0 Å². The van der Waals surface area contributed by atoms with Crippen LogP contribution in [0.4, 0.5) is 0 Å². The van der Waals surface area contributed by atoms with E-state index in [2.05, 4.69) is 24.0 Å². The van der Waals surface area contributed by atoms with Gasteiger partial charge in [0.25, 0.3) is 0 Å². The van der Waals surface area contributed by atoms with Gasteiger partial charge in [-0.05, 0) is 6.42 Å². The van der Waals surface area contributed by atoms with Gasteiger partial charge < -0.3 is 9.92 Å². The van der Waals surface area contributed by atoms with Crippen molar-refractivity contribution in [2.24, 2.45) is 5.73 Å². The van der Waals surface area contributed by atoms with Crippen molar-refractivity contribution in [3.05, 3.63) is 0 Å². The van der Waals surface area contributed by atoms with Crippen LogP contribution in [0.3, 0.4) is 0 Å². The van der Waals surface area contributed by atoms with Gasteiger partial charge in [0.1, 0.15) is 6.04 Å². The summed E-state index contributed by atoms with van der Waals surface area (Å²) in [6, 6.07) is -0.780. The highest BCUT2D eigenvalue weighted by molar-refractivity contribution is 8.13. The van der Waals surface area contributed by atoms with Gasteiger partial charge >= 0.3 is 5.97 Å². The van der Waals surface area contributed by atoms with Crippen molar-refractivity contribution < 1.29 is 13.8 Å². The maximum absolute atomic E-state index is 11.7. The van der Waals surface area contributed by atoms with Crippen LogP contribution >= 0.6 is 24.7 Å². The number of unbranched alkanes of at least 4 members (excludes halogenated alkanes) is 12. The molecule has 0 heterocycles. The normalized spacial score (nSPS) is 12.1. The molecule has 0 fully saturated rings. The average Bonchev–Trinajstić information content (AvgIpc) is 2.62. The van der Waals surface area contributed by atoms with Gasteiger partial charge in [0.2, 0.25) is 0 Å². The van der Waals surface area contributed by atoms with E-state index in [9.17, 15) is 9.59 Å². The third kappa shape index (κ3) is 17.0. The summed E-state index contributed by atoms with van der Waals surface area (Å²) in [6.45, 7) is 2.26. The molecule has 4 nitrogen and oxygen atoms in total. The monoisotopic (exact) mass is 391 g/mol. The lowest BCUT2D eigenvalue weighted by molar-refractivity contribution is -0.133. The standard InChI is InChI=1S/C19H37NO3S2/c1-2-3-4-5-6-7-8-9-10-11-12-13-14-15-18(21)25-16-17(20)19(22)23-24/h17,24H,2-16,20H2,1H3/t17-/m0/s1. The minimum Gasteiger partial charge on any atom is -0.393 e. The summed E-state index contributed by atoms with van der Waals surface area (Å²) in [7, 11) is 0. The summed E-state index contributed by atoms with van der Waals surface area (Å²) in [5.74, 6) is -0.332. The molecule has 0 saturated heterocycles. The van der Waals surface area contributed by atoms with E-state index < -0.39 is 12.0 Å². The summed E-state index contributed by atoms with van der Waals surface area (Å²) >= 11 is 4.52. The molecule has 1 atom stereocenters. The molecule has 0 saturated carbocycles. The van der Waals surface area contributed by atoms with Gasteiger partial charge in [-0.3, -0.25) is 4.79 Å². The number of carbonyl (C=O) groups excluding carboxylic acids is 2. The summed E-state index contributed by atoms with van der Waals surface area (Å²) in [4.78, 5) is 22.8.